The van der Waals surface area contributed by atoms with Crippen LogP contribution in [0, 0.1) is 6.92 Å². The monoisotopic (exact) mass is 270 g/mol. The zero-order valence-electron chi connectivity index (χ0n) is 11.2. The average molecular weight is 270 g/mol. The van der Waals surface area contributed by atoms with Crippen LogP contribution in [-0.4, -0.2) is 5.78 Å². The third-order valence-corrected chi connectivity index (χ3v) is 4.94. The summed E-state index contributed by atoms with van der Waals surface area (Å²) >= 11 is 1.80. The van der Waals surface area contributed by atoms with Crippen LogP contribution < -0.4 is 0 Å². The Morgan fingerprint density at radius 3 is 2.84 bits per heavy atom. The molecule has 0 saturated carbocycles. The van der Waals surface area contributed by atoms with Crippen LogP contribution in [0.3, 0.4) is 0 Å². The Labute approximate surface area is 118 Å². The van der Waals surface area contributed by atoms with E-state index in [-0.39, 0.29) is 5.92 Å². The van der Waals surface area contributed by atoms with Crippen LogP contribution in [0.15, 0.2) is 35.7 Å². The van der Waals surface area contributed by atoms with Gasteiger partial charge in [-0.05, 0) is 48.8 Å². The molecule has 3 rings (SSSR count). The van der Waals surface area contributed by atoms with Crippen molar-refractivity contribution >= 4 is 17.1 Å². The third-order valence-electron chi connectivity index (χ3n) is 3.94. The van der Waals surface area contributed by atoms with Crippen molar-refractivity contribution < 1.29 is 4.79 Å². The summed E-state index contributed by atoms with van der Waals surface area (Å²) in [5.41, 5.74) is 3.68. The Morgan fingerprint density at radius 2 is 2.05 bits per heavy atom. The van der Waals surface area contributed by atoms with Crippen molar-refractivity contribution in [2.75, 3.05) is 0 Å². The molecule has 0 aliphatic heterocycles. The molecule has 1 aromatic heterocycles. The first-order valence-electron chi connectivity index (χ1n) is 6.88. The SMILES string of the molecule is Cc1ccc(CC(=O)C2CCCc3sccc32)cc1. The number of thiophene rings is 1. The second-order valence-corrected chi connectivity index (χ2v) is 6.37. The standard InChI is InChI=1S/C17H18OS/c1-12-5-7-13(8-6-12)11-16(18)14-3-2-4-17-15(14)9-10-19-17/h5-10,14H,2-4,11H2,1H3. The van der Waals surface area contributed by atoms with E-state index >= 15 is 0 Å². The highest BCUT2D eigenvalue weighted by Gasteiger charge is 2.26. The number of hydrogen-bond acceptors (Lipinski definition) is 2. The molecule has 98 valence electrons. The highest BCUT2D eigenvalue weighted by Crippen LogP contribution is 2.36. The number of aryl methyl sites for hydroxylation is 2. The van der Waals surface area contributed by atoms with Crippen LogP contribution in [0.25, 0.3) is 0 Å². The van der Waals surface area contributed by atoms with E-state index in [2.05, 4.69) is 42.6 Å². The fourth-order valence-electron chi connectivity index (χ4n) is 2.85. The Morgan fingerprint density at radius 1 is 1.26 bits per heavy atom. The van der Waals surface area contributed by atoms with Crippen molar-refractivity contribution in [3.05, 3.63) is 57.3 Å². The Bertz CT molecular complexity index is 580. The number of Topliss-reactive ketones (excluding diaryl/α,β-unsaturated/α-hetero) is 1. The molecule has 2 aromatic rings. The molecular weight excluding hydrogens is 252 g/mol. The molecule has 1 heterocycles. The number of rotatable bonds is 3. The fourth-order valence-corrected chi connectivity index (χ4v) is 3.84. The first-order valence-corrected chi connectivity index (χ1v) is 7.76. The van der Waals surface area contributed by atoms with Crippen LogP contribution in [-0.2, 0) is 17.6 Å². The van der Waals surface area contributed by atoms with Gasteiger partial charge in [-0.2, -0.15) is 0 Å². The summed E-state index contributed by atoms with van der Waals surface area (Å²) in [4.78, 5) is 13.9. The maximum absolute atomic E-state index is 12.5. The Balaban J connectivity index is 1.77. The van der Waals surface area contributed by atoms with Crippen molar-refractivity contribution in [2.24, 2.45) is 0 Å². The van der Waals surface area contributed by atoms with Crippen LogP contribution in [0.5, 0.6) is 0 Å². The Hall–Kier alpha value is -1.41. The van der Waals surface area contributed by atoms with Gasteiger partial charge in [0.2, 0.25) is 0 Å². The lowest BCUT2D eigenvalue weighted by atomic mass is 9.83. The summed E-state index contributed by atoms with van der Waals surface area (Å²) in [6, 6.07) is 10.5. The molecule has 0 bridgehead atoms. The molecule has 0 spiro atoms. The summed E-state index contributed by atoms with van der Waals surface area (Å²) in [7, 11) is 0. The number of ketones is 1. The zero-order valence-corrected chi connectivity index (χ0v) is 12.0. The van der Waals surface area contributed by atoms with Gasteiger partial charge in [-0.25, -0.2) is 0 Å². The van der Waals surface area contributed by atoms with E-state index < -0.39 is 0 Å². The predicted octanol–water partition coefficient (Wildman–Crippen LogP) is 4.29. The topological polar surface area (TPSA) is 17.1 Å². The van der Waals surface area contributed by atoms with Crippen molar-refractivity contribution in [3.63, 3.8) is 0 Å². The van der Waals surface area contributed by atoms with Crippen molar-refractivity contribution in [1.29, 1.82) is 0 Å². The molecule has 0 amide bonds. The largest absolute Gasteiger partial charge is 0.299 e. The molecule has 1 aliphatic carbocycles. The molecule has 1 atom stereocenters. The van der Waals surface area contributed by atoms with E-state index in [0.29, 0.717) is 12.2 Å². The lowest BCUT2D eigenvalue weighted by Gasteiger charge is -2.21. The van der Waals surface area contributed by atoms with Gasteiger partial charge in [0.05, 0.1) is 0 Å². The predicted molar refractivity (Wildman–Crippen MR) is 79.9 cm³/mol. The molecule has 0 fully saturated rings. The minimum Gasteiger partial charge on any atom is -0.299 e. The smallest absolute Gasteiger partial charge is 0.144 e. The van der Waals surface area contributed by atoms with Gasteiger partial charge in [0.25, 0.3) is 0 Å². The summed E-state index contributed by atoms with van der Waals surface area (Å²) < 4.78 is 0. The van der Waals surface area contributed by atoms with E-state index in [1.54, 1.807) is 11.3 Å². The van der Waals surface area contributed by atoms with Gasteiger partial charge < -0.3 is 0 Å². The van der Waals surface area contributed by atoms with Crippen molar-refractivity contribution in [1.82, 2.24) is 0 Å². The van der Waals surface area contributed by atoms with Gasteiger partial charge in [-0.3, -0.25) is 4.79 Å². The van der Waals surface area contributed by atoms with Gasteiger partial charge in [0.1, 0.15) is 5.78 Å². The van der Waals surface area contributed by atoms with Crippen LogP contribution in [0.4, 0.5) is 0 Å². The number of hydrogen-bond donors (Lipinski definition) is 0. The molecule has 1 unspecified atom stereocenters. The summed E-state index contributed by atoms with van der Waals surface area (Å²) in [6.45, 7) is 2.07. The highest BCUT2D eigenvalue weighted by molar-refractivity contribution is 7.10. The second kappa shape index (κ2) is 5.30. The lowest BCUT2D eigenvalue weighted by molar-refractivity contribution is -0.120. The summed E-state index contributed by atoms with van der Waals surface area (Å²) in [5.74, 6) is 0.513. The minimum absolute atomic E-state index is 0.135. The average Bonchev–Trinajstić information content (AvgIpc) is 2.89. The van der Waals surface area contributed by atoms with Gasteiger partial charge in [0, 0.05) is 17.2 Å². The maximum Gasteiger partial charge on any atom is 0.144 e. The first-order chi connectivity index (χ1) is 9.24. The molecule has 0 N–H and O–H groups in total. The molecule has 0 radical (unpaired) electrons. The maximum atomic E-state index is 12.5. The van der Waals surface area contributed by atoms with Gasteiger partial charge in [-0.15, -0.1) is 11.3 Å². The second-order valence-electron chi connectivity index (χ2n) is 5.37. The van der Waals surface area contributed by atoms with E-state index in [1.165, 1.54) is 16.0 Å². The van der Waals surface area contributed by atoms with E-state index in [1.807, 2.05) is 0 Å². The normalized spacial score (nSPS) is 18.1. The Kier molecular flexibility index (Phi) is 3.52. The van der Waals surface area contributed by atoms with Crippen LogP contribution in [0.2, 0.25) is 0 Å². The van der Waals surface area contributed by atoms with E-state index in [0.717, 1.165) is 24.8 Å². The summed E-state index contributed by atoms with van der Waals surface area (Å²) in [6.07, 6.45) is 3.90. The number of carbonyl (C=O) groups is 1. The molecular formula is C17H18OS. The van der Waals surface area contributed by atoms with Crippen LogP contribution in [0.1, 0.15) is 40.3 Å². The van der Waals surface area contributed by atoms with Gasteiger partial charge >= 0.3 is 0 Å². The highest BCUT2D eigenvalue weighted by atomic mass is 32.1. The molecule has 2 heteroatoms. The molecule has 0 saturated heterocycles. The van der Waals surface area contributed by atoms with E-state index in [9.17, 15) is 4.79 Å². The van der Waals surface area contributed by atoms with Crippen LogP contribution >= 0.6 is 11.3 Å². The minimum atomic E-state index is 0.135. The lowest BCUT2D eigenvalue weighted by Crippen LogP contribution is -2.18. The molecule has 1 aromatic carbocycles. The van der Waals surface area contributed by atoms with Crippen molar-refractivity contribution in [3.8, 4) is 0 Å². The molecule has 19 heavy (non-hydrogen) atoms. The number of benzene rings is 1. The van der Waals surface area contributed by atoms with Gasteiger partial charge in [0.15, 0.2) is 0 Å². The summed E-state index contributed by atoms with van der Waals surface area (Å²) in [5, 5.41) is 2.13. The fraction of sp³-hybridized carbons (Fsp3) is 0.353. The number of fused-ring (bicyclic) bond motifs is 1. The number of carbonyl (C=O) groups excluding carboxylic acids is 1. The molecule has 1 nitrogen and oxygen atoms in total. The third kappa shape index (κ3) is 2.64. The zero-order chi connectivity index (χ0) is 13.2. The van der Waals surface area contributed by atoms with E-state index in [4.69, 9.17) is 0 Å². The quantitative estimate of drug-likeness (QED) is 0.813. The van der Waals surface area contributed by atoms with Crippen molar-refractivity contribution in [2.45, 2.75) is 38.5 Å². The van der Waals surface area contributed by atoms with Gasteiger partial charge in [-0.1, -0.05) is 29.8 Å². The molecule has 1 aliphatic rings. The first kappa shape index (κ1) is 12.6.